The molecule has 22 heavy (non-hydrogen) atoms. The molecule has 0 aliphatic heterocycles. The van der Waals surface area contributed by atoms with Gasteiger partial charge in [0.05, 0.1) is 22.3 Å². The Balaban J connectivity index is 1.90. The summed E-state index contributed by atoms with van der Waals surface area (Å²) in [6, 6.07) is 10.2. The Morgan fingerprint density at radius 3 is 2.91 bits per heavy atom. The van der Waals surface area contributed by atoms with Gasteiger partial charge in [0.25, 0.3) is 0 Å². The summed E-state index contributed by atoms with van der Waals surface area (Å²) < 4.78 is 19.4. The number of furan rings is 1. The van der Waals surface area contributed by atoms with Crippen molar-refractivity contribution in [3.8, 4) is 0 Å². The van der Waals surface area contributed by atoms with Crippen LogP contribution in [0.3, 0.4) is 0 Å². The molecule has 1 atom stereocenters. The van der Waals surface area contributed by atoms with Gasteiger partial charge in [-0.3, -0.25) is 0 Å². The van der Waals surface area contributed by atoms with E-state index in [1.807, 2.05) is 18.2 Å². The molecule has 0 saturated heterocycles. The first-order chi connectivity index (χ1) is 10.7. The van der Waals surface area contributed by atoms with Gasteiger partial charge in [-0.1, -0.05) is 0 Å². The second-order valence-corrected chi connectivity index (χ2v) is 5.73. The lowest BCUT2D eigenvalue weighted by Crippen LogP contribution is -2.12. The molecule has 0 aliphatic carbocycles. The highest BCUT2D eigenvalue weighted by Gasteiger charge is 2.14. The maximum atomic E-state index is 13.6. The number of hydrogen-bond acceptors (Lipinski definition) is 4. The van der Waals surface area contributed by atoms with E-state index in [1.165, 1.54) is 6.07 Å². The number of aliphatic hydroxyl groups is 1. The Hall–Kier alpha value is -1.92. The maximum absolute atomic E-state index is 13.6. The van der Waals surface area contributed by atoms with Crippen LogP contribution in [-0.4, -0.2) is 16.7 Å². The van der Waals surface area contributed by atoms with E-state index in [9.17, 15) is 9.50 Å². The van der Waals surface area contributed by atoms with E-state index in [-0.39, 0.29) is 18.5 Å². The van der Waals surface area contributed by atoms with Crippen molar-refractivity contribution in [1.82, 2.24) is 4.98 Å². The summed E-state index contributed by atoms with van der Waals surface area (Å²) in [5, 5.41) is 13.2. The van der Waals surface area contributed by atoms with Gasteiger partial charge in [-0.05, 0) is 52.7 Å². The van der Waals surface area contributed by atoms with Crippen LogP contribution in [0.4, 0.5) is 10.2 Å². The number of aromatic nitrogens is 1. The molecule has 0 saturated carbocycles. The molecule has 0 amide bonds. The van der Waals surface area contributed by atoms with Crippen molar-refractivity contribution in [2.24, 2.45) is 0 Å². The smallest absolute Gasteiger partial charge is 0.139 e. The molecule has 114 valence electrons. The third kappa shape index (κ3) is 3.13. The fourth-order valence-electron chi connectivity index (χ4n) is 2.28. The molecule has 0 spiro atoms. The Morgan fingerprint density at radius 2 is 2.18 bits per heavy atom. The van der Waals surface area contributed by atoms with Crippen molar-refractivity contribution in [1.29, 1.82) is 0 Å². The summed E-state index contributed by atoms with van der Waals surface area (Å²) in [5.41, 5.74) is 0.563. The molecule has 6 heteroatoms. The zero-order valence-corrected chi connectivity index (χ0v) is 13.2. The maximum Gasteiger partial charge on any atom is 0.139 e. The van der Waals surface area contributed by atoms with Gasteiger partial charge in [-0.15, -0.1) is 0 Å². The predicted molar refractivity (Wildman–Crippen MR) is 86.2 cm³/mol. The monoisotopic (exact) mass is 364 g/mol. The van der Waals surface area contributed by atoms with Crippen LogP contribution in [-0.2, 0) is 0 Å². The van der Waals surface area contributed by atoms with Crippen LogP contribution < -0.4 is 5.32 Å². The van der Waals surface area contributed by atoms with Gasteiger partial charge in [-0.2, -0.15) is 0 Å². The zero-order chi connectivity index (χ0) is 15.5. The van der Waals surface area contributed by atoms with Crippen LogP contribution >= 0.6 is 15.9 Å². The minimum atomic E-state index is -0.352. The molecule has 0 fully saturated rings. The van der Waals surface area contributed by atoms with Gasteiger partial charge < -0.3 is 14.8 Å². The van der Waals surface area contributed by atoms with Crippen molar-refractivity contribution >= 4 is 32.7 Å². The van der Waals surface area contributed by atoms with Crippen molar-refractivity contribution in [2.75, 3.05) is 11.9 Å². The standard InChI is InChI=1S/C16H14BrFN2O2/c17-11-8-10-3-4-16(20-14(10)9-12(11)18)19-13(5-6-21)15-2-1-7-22-15/h1-4,7-9,13,21H,5-6H2,(H,19,20). The summed E-state index contributed by atoms with van der Waals surface area (Å²) in [5.74, 6) is 0.970. The third-order valence-corrected chi connectivity index (χ3v) is 3.97. The first-order valence-electron chi connectivity index (χ1n) is 6.84. The molecule has 0 bridgehead atoms. The third-order valence-electron chi connectivity index (χ3n) is 3.36. The number of hydrogen-bond donors (Lipinski definition) is 2. The Kier molecular flexibility index (Phi) is 4.40. The number of nitrogens with one attached hydrogen (secondary N) is 1. The highest BCUT2D eigenvalue weighted by Crippen LogP contribution is 2.26. The normalized spacial score (nSPS) is 12.5. The van der Waals surface area contributed by atoms with E-state index in [2.05, 4.69) is 26.2 Å². The summed E-state index contributed by atoms with van der Waals surface area (Å²) >= 11 is 3.16. The molecule has 4 nitrogen and oxygen atoms in total. The van der Waals surface area contributed by atoms with E-state index in [0.29, 0.717) is 22.2 Å². The Morgan fingerprint density at radius 1 is 1.32 bits per heavy atom. The molecule has 2 aromatic heterocycles. The predicted octanol–water partition coefficient (Wildman–Crippen LogP) is 4.27. The van der Waals surface area contributed by atoms with Gasteiger partial charge in [-0.25, -0.2) is 9.37 Å². The molecule has 0 aliphatic rings. The zero-order valence-electron chi connectivity index (χ0n) is 11.6. The highest BCUT2D eigenvalue weighted by atomic mass is 79.9. The number of benzene rings is 1. The molecular weight excluding hydrogens is 351 g/mol. The fraction of sp³-hybridized carbons (Fsp3) is 0.188. The topological polar surface area (TPSA) is 58.3 Å². The number of nitrogens with zero attached hydrogens (tertiary/aromatic N) is 1. The van der Waals surface area contributed by atoms with Gasteiger partial charge >= 0.3 is 0 Å². The highest BCUT2D eigenvalue weighted by molar-refractivity contribution is 9.10. The Labute approximate surface area is 135 Å². The Bertz CT molecular complexity index is 777. The minimum Gasteiger partial charge on any atom is -0.467 e. The second kappa shape index (κ2) is 6.46. The first kappa shape index (κ1) is 15.0. The summed E-state index contributed by atoms with van der Waals surface area (Å²) in [7, 11) is 0. The van der Waals surface area contributed by atoms with E-state index in [4.69, 9.17) is 4.42 Å². The van der Waals surface area contributed by atoms with Crippen LogP contribution in [0.15, 0.2) is 51.6 Å². The van der Waals surface area contributed by atoms with Crippen molar-refractivity contribution in [3.05, 3.63) is 58.7 Å². The molecule has 3 rings (SSSR count). The number of fused-ring (bicyclic) bond motifs is 1. The molecule has 3 aromatic rings. The lowest BCUT2D eigenvalue weighted by molar-refractivity contribution is 0.273. The van der Waals surface area contributed by atoms with Crippen molar-refractivity contribution in [2.45, 2.75) is 12.5 Å². The number of halogens is 2. The van der Waals surface area contributed by atoms with Crippen LogP contribution in [0.2, 0.25) is 0 Å². The van der Waals surface area contributed by atoms with Crippen molar-refractivity contribution < 1.29 is 13.9 Å². The summed E-state index contributed by atoms with van der Waals surface area (Å²) in [6.07, 6.45) is 2.07. The summed E-state index contributed by atoms with van der Waals surface area (Å²) in [4.78, 5) is 4.41. The fourth-order valence-corrected chi connectivity index (χ4v) is 2.64. The van der Waals surface area contributed by atoms with Gasteiger partial charge in [0.15, 0.2) is 0 Å². The van der Waals surface area contributed by atoms with E-state index in [0.717, 1.165) is 11.1 Å². The SMILES string of the molecule is OCCC(Nc1ccc2cc(Br)c(F)cc2n1)c1ccco1. The largest absolute Gasteiger partial charge is 0.467 e. The van der Waals surface area contributed by atoms with Crippen LogP contribution in [0.5, 0.6) is 0 Å². The first-order valence-corrected chi connectivity index (χ1v) is 7.63. The molecule has 1 unspecified atom stereocenters. The lowest BCUT2D eigenvalue weighted by atomic mass is 10.1. The van der Waals surface area contributed by atoms with E-state index >= 15 is 0 Å². The average Bonchev–Trinajstić information content (AvgIpc) is 3.02. The van der Waals surface area contributed by atoms with Crippen LogP contribution in [0.1, 0.15) is 18.2 Å². The summed E-state index contributed by atoms with van der Waals surface area (Å²) in [6.45, 7) is 0.0214. The number of anilines is 1. The van der Waals surface area contributed by atoms with Crippen LogP contribution in [0, 0.1) is 5.82 Å². The number of aliphatic hydroxyl groups excluding tert-OH is 1. The minimum absolute atomic E-state index is 0.0214. The van der Waals surface area contributed by atoms with E-state index < -0.39 is 0 Å². The average molecular weight is 365 g/mol. The molecule has 1 aromatic carbocycles. The molecule has 0 radical (unpaired) electrons. The van der Waals surface area contributed by atoms with Gasteiger partial charge in [0, 0.05) is 18.1 Å². The number of pyridine rings is 1. The van der Waals surface area contributed by atoms with Gasteiger partial charge in [0.2, 0.25) is 0 Å². The quantitative estimate of drug-likeness (QED) is 0.709. The number of rotatable bonds is 5. The van der Waals surface area contributed by atoms with Crippen molar-refractivity contribution in [3.63, 3.8) is 0 Å². The van der Waals surface area contributed by atoms with Gasteiger partial charge in [0.1, 0.15) is 17.4 Å². The molecule has 2 heterocycles. The molecule has 2 N–H and O–H groups in total. The second-order valence-electron chi connectivity index (χ2n) is 4.88. The van der Waals surface area contributed by atoms with Crippen LogP contribution in [0.25, 0.3) is 10.9 Å². The van der Waals surface area contributed by atoms with E-state index in [1.54, 1.807) is 18.4 Å². The lowest BCUT2D eigenvalue weighted by Gasteiger charge is -2.16. The molecular formula is C16H14BrFN2O2.